The average molecular weight is 433 g/mol. The zero-order chi connectivity index (χ0) is 22.1. The van der Waals surface area contributed by atoms with E-state index in [1.165, 1.54) is 6.42 Å². The van der Waals surface area contributed by atoms with Gasteiger partial charge in [0.2, 0.25) is 8.32 Å². The molecular formula is C22H52O2Si3. The number of hydrogen-bond acceptors (Lipinski definition) is 2. The van der Waals surface area contributed by atoms with Crippen molar-refractivity contribution < 1.29 is 8.85 Å². The van der Waals surface area contributed by atoms with Crippen LogP contribution in [0.15, 0.2) is 0 Å². The van der Waals surface area contributed by atoms with Gasteiger partial charge in [0.1, 0.15) is 0 Å². The minimum Gasteiger partial charge on any atom is -0.412 e. The molecule has 27 heavy (non-hydrogen) atoms. The first kappa shape index (κ1) is 27.6. The molecule has 0 radical (unpaired) electrons. The average Bonchev–Trinajstić information content (AvgIpc) is 2.51. The highest BCUT2D eigenvalue weighted by molar-refractivity contribution is 6.83. The Kier molecular flexibility index (Phi) is 8.93. The molecule has 5 heteroatoms. The molecule has 2 nitrogen and oxygen atoms in total. The molecule has 0 saturated heterocycles. The maximum atomic E-state index is 7.27. The van der Waals surface area contributed by atoms with Crippen molar-refractivity contribution in [2.24, 2.45) is 0 Å². The minimum atomic E-state index is -2.12. The van der Waals surface area contributed by atoms with Gasteiger partial charge in [-0.15, -0.1) is 0 Å². The molecule has 0 aliphatic rings. The predicted molar refractivity (Wildman–Crippen MR) is 131 cm³/mol. The molecule has 0 aromatic rings. The van der Waals surface area contributed by atoms with Crippen LogP contribution in [0.25, 0.3) is 0 Å². The summed E-state index contributed by atoms with van der Waals surface area (Å²) in [4.78, 5) is 0. The Bertz CT molecular complexity index is 482. The zero-order valence-electron chi connectivity index (χ0n) is 21.5. The Labute approximate surface area is 175 Å². The normalized spacial score (nSPS) is 20.1. The summed E-state index contributed by atoms with van der Waals surface area (Å²) in [5.74, 6) is 0. The summed E-state index contributed by atoms with van der Waals surface area (Å²) in [6, 6.07) is 0. The predicted octanol–water partition coefficient (Wildman–Crippen LogP) is 8.15. The van der Waals surface area contributed by atoms with Crippen LogP contribution in [0.1, 0.15) is 81.6 Å². The Morgan fingerprint density at radius 3 is 1.33 bits per heavy atom. The lowest BCUT2D eigenvalue weighted by Crippen LogP contribution is -2.68. The molecule has 0 aliphatic heterocycles. The monoisotopic (exact) mass is 432 g/mol. The van der Waals surface area contributed by atoms with Crippen molar-refractivity contribution in [3.63, 3.8) is 0 Å². The van der Waals surface area contributed by atoms with E-state index in [2.05, 4.69) is 102 Å². The van der Waals surface area contributed by atoms with Crippen LogP contribution in [0.2, 0.25) is 49.9 Å². The van der Waals surface area contributed by atoms with Gasteiger partial charge < -0.3 is 8.85 Å². The van der Waals surface area contributed by atoms with E-state index in [0.29, 0.717) is 0 Å². The second-order valence-corrected chi connectivity index (χ2v) is 26.2. The SMILES string of the molecule is CCC(C)[Si](C)(C)C(C)(CC)O[Si](C)(C)C(C)(CC)O[Si](C)(C)C(C)(C)C. The van der Waals surface area contributed by atoms with Crippen molar-refractivity contribution in [1.29, 1.82) is 0 Å². The zero-order valence-corrected chi connectivity index (χ0v) is 24.5. The van der Waals surface area contributed by atoms with Crippen molar-refractivity contribution in [1.82, 2.24) is 0 Å². The summed E-state index contributed by atoms with van der Waals surface area (Å²) in [5.41, 5.74) is 0.751. The number of hydrogen-bond donors (Lipinski definition) is 0. The van der Waals surface area contributed by atoms with Gasteiger partial charge in [0.25, 0.3) is 0 Å². The van der Waals surface area contributed by atoms with E-state index >= 15 is 0 Å². The van der Waals surface area contributed by atoms with E-state index in [9.17, 15) is 0 Å². The molecule has 0 bridgehead atoms. The molecule has 3 atom stereocenters. The van der Waals surface area contributed by atoms with E-state index in [1.807, 2.05) is 0 Å². The largest absolute Gasteiger partial charge is 0.412 e. The Hall–Kier alpha value is 0.571. The van der Waals surface area contributed by atoms with Crippen molar-refractivity contribution in [3.8, 4) is 0 Å². The van der Waals surface area contributed by atoms with Crippen LogP contribution in [0, 0.1) is 0 Å². The second kappa shape index (κ2) is 8.75. The van der Waals surface area contributed by atoms with Crippen LogP contribution in [-0.4, -0.2) is 35.2 Å². The van der Waals surface area contributed by atoms with E-state index < -0.39 is 24.7 Å². The van der Waals surface area contributed by atoms with Gasteiger partial charge in [-0.1, -0.05) is 68.0 Å². The maximum Gasteiger partial charge on any atom is 0.216 e. The van der Waals surface area contributed by atoms with Gasteiger partial charge in [0, 0.05) is 5.22 Å². The van der Waals surface area contributed by atoms with Crippen LogP contribution < -0.4 is 0 Å². The molecule has 0 rings (SSSR count). The van der Waals surface area contributed by atoms with Gasteiger partial charge in [-0.25, -0.2) is 0 Å². The fourth-order valence-corrected chi connectivity index (χ4v) is 14.2. The van der Waals surface area contributed by atoms with E-state index in [0.717, 1.165) is 18.4 Å². The van der Waals surface area contributed by atoms with Crippen LogP contribution in [0.3, 0.4) is 0 Å². The fourth-order valence-electron chi connectivity index (χ4n) is 3.70. The molecule has 0 aromatic carbocycles. The highest BCUT2D eigenvalue weighted by Gasteiger charge is 2.56. The van der Waals surface area contributed by atoms with Gasteiger partial charge >= 0.3 is 0 Å². The smallest absolute Gasteiger partial charge is 0.216 e. The van der Waals surface area contributed by atoms with Crippen LogP contribution >= 0.6 is 0 Å². The second-order valence-electron chi connectivity index (χ2n) is 11.7. The van der Waals surface area contributed by atoms with Crippen molar-refractivity contribution >= 4 is 24.7 Å². The lowest BCUT2D eigenvalue weighted by Gasteiger charge is -2.55. The molecule has 0 N–H and O–H groups in total. The molecule has 3 unspecified atom stereocenters. The third-order valence-corrected chi connectivity index (χ3v) is 23.6. The quantitative estimate of drug-likeness (QED) is 0.324. The van der Waals surface area contributed by atoms with Crippen LogP contribution in [0.5, 0.6) is 0 Å². The fraction of sp³-hybridized carbons (Fsp3) is 1.00. The van der Waals surface area contributed by atoms with Crippen molar-refractivity contribution in [3.05, 3.63) is 0 Å². The first-order chi connectivity index (χ1) is 11.8. The number of rotatable bonds is 10. The molecular weight excluding hydrogens is 380 g/mol. The van der Waals surface area contributed by atoms with Gasteiger partial charge in [-0.3, -0.25) is 0 Å². The van der Waals surface area contributed by atoms with E-state index in [1.54, 1.807) is 0 Å². The topological polar surface area (TPSA) is 18.5 Å². The highest BCUT2D eigenvalue weighted by atomic mass is 28.4. The molecule has 0 fully saturated rings. The van der Waals surface area contributed by atoms with E-state index in [4.69, 9.17) is 8.85 Å². The summed E-state index contributed by atoms with van der Waals surface area (Å²) in [7, 11) is -5.58. The third kappa shape index (κ3) is 5.59. The molecule has 0 spiro atoms. The highest BCUT2D eigenvalue weighted by Crippen LogP contribution is 2.46. The molecule has 0 amide bonds. The Balaban J connectivity index is 5.99. The summed E-state index contributed by atoms with van der Waals surface area (Å²) < 4.78 is 14.4. The summed E-state index contributed by atoms with van der Waals surface area (Å²) in [6.07, 6.45) is 3.35. The lowest BCUT2D eigenvalue weighted by atomic mass is 10.2. The first-order valence-electron chi connectivity index (χ1n) is 11.2. The van der Waals surface area contributed by atoms with Crippen LogP contribution in [-0.2, 0) is 8.85 Å². The minimum absolute atomic E-state index is 0.00856. The first-order valence-corrected chi connectivity index (χ1v) is 20.1. The van der Waals surface area contributed by atoms with Crippen molar-refractivity contribution in [2.45, 2.75) is 142 Å². The molecule has 0 aliphatic carbocycles. The molecule has 0 saturated carbocycles. The van der Waals surface area contributed by atoms with Crippen molar-refractivity contribution in [2.75, 3.05) is 0 Å². The lowest BCUT2D eigenvalue weighted by molar-refractivity contribution is 0.0710. The summed E-state index contributed by atoms with van der Waals surface area (Å²) >= 11 is 0. The standard InChI is InChI=1S/C22H52O2Si3/c1-16-19(4)25(10,11)21(8,17-2)23-27(14,15)22(9,18-3)24-26(12,13)20(5,6)7/h19H,16-18H2,1-15H3. The van der Waals surface area contributed by atoms with Gasteiger partial charge in [0.05, 0.1) is 13.3 Å². The van der Waals surface area contributed by atoms with Gasteiger partial charge in [-0.2, -0.15) is 0 Å². The summed E-state index contributed by atoms with van der Waals surface area (Å²) in [6.45, 7) is 35.7. The maximum absolute atomic E-state index is 7.27. The van der Waals surface area contributed by atoms with Crippen LogP contribution in [0.4, 0.5) is 0 Å². The molecule has 0 heterocycles. The summed E-state index contributed by atoms with van der Waals surface area (Å²) in [5, 5.41) is 0.0461. The molecule has 164 valence electrons. The van der Waals surface area contributed by atoms with Gasteiger partial charge in [-0.05, 0) is 63.5 Å². The molecule has 0 aromatic heterocycles. The Morgan fingerprint density at radius 2 is 1.04 bits per heavy atom. The van der Waals surface area contributed by atoms with E-state index in [-0.39, 0.29) is 15.5 Å². The third-order valence-electron chi connectivity index (χ3n) is 8.60. The van der Waals surface area contributed by atoms with Gasteiger partial charge in [0.15, 0.2) is 8.32 Å². The Morgan fingerprint density at radius 1 is 0.667 bits per heavy atom.